The van der Waals surface area contributed by atoms with Crippen molar-refractivity contribution in [1.82, 2.24) is 15.4 Å². The maximum atomic E-state index is 4.10. The van der Waals surface area contributed by atoms with Crippen LogP contribution in [0.5, 0.6) is 0 Å². The van der Waals surface area contributed by atoms with E-state index in [0.717, 1.165) is 18.7 Å². The molecule has 0 amide bonds. The van der Waals surface area contributed by atoms with Gasteiger partial charge in [-0.3, -0.25) is 0 Å². The molecule has 0 fully saturated rings. The fraction of sp³-hybridized carbons (Fsp3) is 0.630. The van der Waals surface area contributed by atoms with E-state index in [-0.39, 0.29) is 0 Å². The molecule has 0 aliphatic carbocycles. The zero-order valence-corrected chi connectivity index (χ0v) is 19.7. The Kier molecular flexibility index (Phi) is 14.3. The molecule has 0 saturated heterocycles. The van der Waals surface area contributed by atoms with Crippen LogP contribution < -0.4 is 5.32 Å². The molecule has 31 heavy (non-hydrogen) atoms. The van der Waals surface area contributed by atoms with Crippen LogP contribution in [0.2, 0.25) is 0 Å². The third kappa shape index (κ3) is 13.0. The zero-order chi connectivity index (χ0) is 21.8. The third-order valence-corrected chi connectivity index (χ3v) is 5.94. The Hall–Kier alpha value is -2.10. The van der Waals surface area contributed by atoms with Gasteiger partial charge in [-0.05, 0) is 63.5 Å². The van der Waals surface area contributed by atoms with Crippen molar-refractivity contribution in [2.75, 3.05) is 11.9 Å². The number of unbranched alkanes of at least 4 members (excludes halogenated alkanes) is 12. The molecule has 0 bridgehead atoms. The highest BCUT2D eigenvalue weighted by Gasteiger charge is 1.97. The molecule has 0 atom stereocenters. The summed E-state index contributed by atoms with van der Waals surface area (Å²) < 4.78 is 0. The molecule has 0 aliphatic rings. The van der Waals surface area contributed by atoms with Gasteiger partial charge >= 0.3 is 0 Å². The summed E-state index contributed by atoms with van der Waals surface area (Å²) in [6.07, 6.45) is 26.3. The van der Waals surface area contributed by atoms with Crippen LogP contribution in [0.25, 0.3) is 0 Å². The number of anilines is 1. The van der Waals surface area contributed by atoms with E-state index in [2.05, 4.69) is 64.1 Å². The Labute approximate surface area is 190 Å². The van der Waals surface area contributed by atoms with Crippen LogP contribution in [0.15, 0.2) is 42.6 Å². The number of hydrogen-bond donors (Lipinski definition) is 2. The van der Waals surface area contributed by atoms with Crippen molar-refractivity contribution < 1.29 is 0 Å². The van der Waals surface area contributed by atoms with Crippen molar-refractivity contribution in [2.24, 2.45) is 0 Å². The molecule has 2 N–H and O–H groups in total. The minimum absolute atomic E-state index is 1.06. The topological polar surface area (TPSA) is 53.6 Å². The monoisotopic (exact) mass is 424 g/mol. The van der Waals surface area contributed by atoms with Crippen molar-refractivity contribution in [3.63, 3.8) is 0 Å². The number of nitrogens with zero attached hydrogens (tertiary/aromatic N) is 2. The zero-order valence-electron chi connectivity index (χ0n) is 19.7. The van der Waals surface area contributed by atoms with Crippen LogP contribution >= 0.6 is 0 Å². The lowest BCUT2D eigenvalue weighted by atomic mass is 10.1. The number of aryl methyl sites for hydroxylation is 2. The van der Waals surface area contributed by atoms with E-state index in [1.807, 2.05) is 6.20 Å². The Morgan fingerprint density at radius 1 is 0.774 bits per heavy atom. The van der Waals surface area contributed by atoms with Gasteiger partial charge in [0, 0.05) is 12.2 Å². The summed E-state index contributed by atoms with van der Waals surface area (Å²) in [6.45, 7) is 3.26. The Morgan fingerprint density at radius 3 is 2.03 bits per heavy atom. The molecule has 1 aromatic carbocycles. The van der Waals surface area contributed by atoms with Gasteiger partial charge in [0.1, 0.15) is 0 Å². The van der Waals surface area contributed by atoms with E-state index >= 15 is 0 Å². The standard InChI is InChI=1S/C27H44N4/c1-25-20-17-18-22-27(25)28-23-19-15-13-11-9-7-5-3-2-4-6-8-10-12-14-16-21-26-24-29-31-30-26/h2-3,17-18,20,22,24,28H,4-16,19,21,23H2,1H3,(H,29,30,31)/b3-2-. The van der Waals surface area contributed by atoms with Crippen LogP contribution in [0, 0.1) is 6.92 Å². The number of aromatic amines is 1. The summed E-state index contributed by atoms with van der Waals surface area (Å²) in [5.41, 5.74) is 3.72. The van der Waals surface area contributed by atoms with Gasteiger partial charge in [-0.1, -0.05) is 81.7 Å². The summed E-state index contributed by atoms with van der Waals surface area (Å²) in [5, 5.41) is 14.2. The van der Waals surface area contributed by atoms with E-state index in [1.165, 1.54) is 101 Å². The lowest BCUT2D eigenvalue weighted by molar-refractivity contribution is 0.593. The van der Waals surface area contributed by atoms with Crippen LogP contribution in [0.3, 0.4) is 0 Å². The Balaban J connectivity index is 1.26. The summed E-state index contributed by atoms with van der Waals surface area (Å²) in [5.74, 6) is 0. The minimum atomic E-state index is 1.06. The molecule has 172 valence electrons. The maximum absolute atomic E-state index is 4.10. The third-order valence-electron chi connectivity index (χ3n) is 5.94. The van der Waals surface area contributed by atoms with Gasteiger partial charge in [-0.25, -0.2) is 0 Å². The van der Waals surface area contributed by atoms with Crippen molar-refractivity contribution in [3.8, 4) is 0 Å². The number of hydrogen-bond acceptors (Lipinski definition) is 3. The smallest absolute Gasteiger partial charge is 0.0824 e. The van der Waals surface area contributed by atoms with E-state index in [4.69, 9.17) is 0 Å². The molecule has 2 rings (SSSR count). The minimum Gasteiger partial charge on any atom is -0.385 e. The van der Waals surface area contributed by atoms with Crippen LogP contribution in [0.4, 0.5) is 5.69 Å². The van der Waals surface area contributed by atoms with Gasteiger partial charge in [-0.15, -0.1) is 0 Å². The molecule has 4 nitrogen and oxygen atoms in total. The lowest BCUT2D eigenvalue weighted by Gasteiger charge is -2.08. The first-order valence-corrected chi connectivity index (χ1v) is 12.7. The average Bonchev–Trinajstić information content (AvgIpc) is 3.30. The summed E-state index contributed by atoms with van der Waals surface area (Å²) in [6, 6.07) is 8.55. The van der Waals surface area contributed by atoms with E-state index in [0.29, 0.717) is 0 Å². The van der Waals surface area contributed by atoms with Crippen molar-refractivity contribution in [3.05, 3.63) is 53.9 Å². The van der Waals surface area contributed by atoms with Crippen molar-refractivity contribution in [2.45, 2.75) is 103 Å². The van der Waals surface area contributed by atoms with Crippen LogP contribution in [-0.2, 0) is 6.42 Å². The van der Waals surface area contributed by atoms with Gasteiger partial charge in [0.25, 0.3) is 0 Å². The number of H-pyrrole nitrogens is 1. The molecule has 1 aromatic heterocycles. The first-order valence-electron chi connectivity index (χ1n) is 12.7. The van der Waals surface area contributed by atoms with Gasteiger partial charge in [0.2, 0.25) is 0 Å². The van der Waals surface area contributed by atoms with Gasteiger partial charge in [0.05, 0.1) is 11.9 Å². The SMILES string of the molecule is Cc1ccccc1NCCCCCCCC/C=C\CCCCCCCCc1cn[nH]n1. The fourth-order valence-corrected chi connectivity index (χ4v) is 3.95. The highest BCUT2D eigenvalue weighted by molar-refractivity contribution is 5.50. The van der Waals surface area contributed by atoms with E-state index in [9.17, 15) is 0 Å². The van der Waals surface area contributed by atoms with Gasteiger partial charge in [-0.2, -0.15) is 15.4 Å². The molecule has 4 heteroatoms. The van der Waals surface area contributed by atoms with E-state index in [1.54, 1.807) is 0 Å². The first-order chi connectivity index (χ1) is 15.4. The second-order valence-corrected chi connectivity index (χ2v) is 8.74. The predicted octanol–water partition coefficient (Wildman–Crippen LogP) is 7.79. The van der Waals surface area contributed by atoms with Gasteiger partial charge < -0.3 is 5.32 Å². The highest BCUT2D eigenvalue weighted by atomic mass is 15.3. The normalized spacial score (nSPS) is 11.4. The number of aromatic nitrogens is 3. The average molecular weight is 425 g/mol. The molecule has 0 radical (unpaired) electrons. The Bertz CT molecular complexity index is 678. The molecular weight excluding hydrogens is 380 g/mol. The van der Waals surface area contributed by atoms with E-state index < -0.39 is 0 Å². The second kappa shape index (κ2) is 17.6. The van der Waals surface area contributed by atoms with Crippen LogP contribution in [0.1, 0.15) is 101 Å². The van der Waals surface area contributed by atoms with Gasteiger partial charge in [0.15, 0.2) is 0 Å². The number of rotatable bonds is 19. The molecule has 0 unspecified atom stereocenters. The highest BCUT2D eigenvalue weighted by Crippen LogP contribution is 2.14. The molecule has 1 heterocycles. The predicted molar refractivity (Wildman–Crippen MR) is 134 cm³/mol. The van der Waals surface area contributed by atoms with Crippen molar-refractivity contribution in [1.29, 1.82) is 0 Å². The molecule has 0 saturated carbocycles. The number of allylic oxidation sites excluding steroid dienone is 2. The fourth-order valence-electron chi connectivity index (χ4n) is 3.95. The lowest BCUT2D eigenvalue weighted by Crippen LogP contribution is -2.02. The first kappa shape index (κ1) is 25.2. The summed E-state index contributed by atoms with van der Waals surface area (Å²) >= 11 is 0. The molecular formula is C27H44N4. The summed E-state index contributed by atoms with van der Waals surface area (Å²) in [4.78, 5) is 0. The quantitative estimate of drug-likeness (QED) is 0.179. The number of para-hydroxylation sites is 1. The molecule has 0 aliphatic heterocycles. The maximum Gasteiger partial charge on any atom is 0.0824 e. The second-order valence-electron chi connectivity index (χ2n) is 8.74. The molecule has 0 spiro atoms. The van der Waals surface area contributed by atoms with Crippen LogP contribution in [-0.4, -0.2) is 22.0 Å². The number of benzene rings is 1. The Morgan fingerprint density at radius 2 is 1.39 bits per heavy atom. The van der Waals surface area contributed by atoms with Crippen molar-refractivity contribution >= 4 is 5.69 Å². The summed E-state index contributed by atoms with van der Waals surface area (Å²) in [7, 11) is 0. The molecule has 2 aromatic rings. The largest absolute Gasteiger partial charge is 0.385 e. The number of nitrogens with one attached hydrogen (secondary N) is 2.